The average molecular weight is 316 g/mol. The summed E-state index contributed by atoms with van der Waals surface area (Å²) in [6.45, 7) is -0.103. The van der Waals surface area contributed by atoms with Crippen LogP contribution in [0.3, 0.4) is 0 Å². The number of nitrogens with one attached hydrogen (secondary N) is 1. The highest BCUT2D eigenvalue weighted by atomic mass is 19.4. The zero-order chi connectivity index (χ0) is 16.5. The summed E-state index contributed by atoms with van der Waals surface area (Å²) in [5.41, 5.74) is 4.65. The minimum Gasteiger partial charge on any atom is -0.481 e. The van der Waals surface area contributed by atoms with Crippen molar-refractivity contribution in [2.75, 3.05) is 5.32 Å². The minimum absolute atomic E-state index is 0.0312. The maximum absolute atomic E-state index is 12.8. The highest BCUT2D eigenvalue weighted by Crippen LogP contribution is 2.36. The number of carbonyl (C=O) groups excluding carboxylic acids is 1. The molecule has 0 radical (unpaired) electrons. The van der Waals surface area contributed by atoms with Gasteiger partial charge in [-0.05, 0) is 36.6 Å². The van der Waals surface area contributed by atoms with Gasteiger partial charge >= 0.3 is 12.1 Å². The molecule has 1 aromatic carbocycles. The van der Waals surface area contributed by atoms with Crippen molar-refractivity contribution in [3.63, 3.8) is 0 Å². The molecule has 5 nitrogen and oxygen atoms in total. The molecule has 4 N–H and O–H groups in total. The van der Waals surface area contributed by atoms with Crippen molar-refractivity contribution in [2.24, 2.45) is 17.6 Å². The molecule has 1 amide bonds. The Hall–Kier alpha value is -2.09. The number of halogens is 3. The Balaban J connectivity index is 2.19. The van der Waals surface area contributed by atoms with Gasteiger partial charge in [0.2, 0.25) is 5.91 Å². The zero-order valence-electron chi connectivity index (χ0n) is 11.5. The Morgan fingerprint density at radius 1 is 1.23 bits per heavy atom. The van der Waals surface area contributed by atoms with Crippen LogP contribution in [0.25, 0.3) is 0 Å². The third-order valence-corrected chi connectivity index (χ3v) is 3.75. The molecule has 1 aliphatic rings. The van der Waals surface area contributed by atoms with Gasteiger partial charge in [0.25, 0.3) is 0 Å². The number of carboxylic acids is 1. The molecule has 1 aromatic rings. The topological polar surface area (TPSA) is 92.4 Å². The molecule has 120 valence electrons. The molecule has 0 aliphatic heterocycles. The van der Waals surface area contributed by atoms with Gasteiger partial charge in [-0.25, -0.2) is 0 Å². The van der Waals surface area contributed by atoms with Crippen LogP contribution in [0, 0.1) is 11.8 Å². The van der Waals surface area contributed by atoms with Gasteiger partial charge in [0.1, 0.15) is 0 Å². The Morgan fingerprint density at radius 2 is 1.86 bits per heavy atom. The van der Waals surface area contributed by atoms with E-state index in [2.05, 4.69) is 5.32 Å². The van der Waals surface area contributed by atoms with E-state index in [1.54, 1.807) is 0 Å². The number of benzene rings is 1. The molecule has 0 bridgehead atoms. The molecule has 1 aliphatic carbocycles. The first-order chi connectivity index (χ1) is 10.2. The van der Waals surface area contributed by atoms with Gasteiger partial charge in [0.05, 0.1) is 17.4 Å². The Labute approximate surface area is 124 Å². The number of carboxylic acid groups (broad SMARTS) is 1. The predicted octanol–water partition coefficient (Wildman–Crippen LogP) is 2.21. The van der Waals surface area contributed by atoms with E-state index < -0.39 is 35.5 Å². The Bertz CT molecular complexity index is 601. The first-order valence-corrected chi connectivity index (χ1v) is 6.67. The van der Waals surface area contributed by atoms with Crippen LogP contribution in [0.15, 0.2) is 18.2 Å². The second-order valence-electron chi connectivity index (χ2n) is 5.24. The van der Waals surface area contributed by atoms with Crippen molar-refractivity contribution in [2.45, 2.75) is 25.6 Å². The van der Waals surface area contributed by atoms with Crippen LogP contribution in [-0.2, 0) is 22.3 Å². The summed E-state index contributed by atoms with van der Waals surface area (Å²) < 4.78 is 38.4. The second kappa shape index (κ2) is 5.96. The maximum atomic E-state index is 12.8. The fraction of sp³-hybridized carbons (Fsp3) is 0.429. The average Bonchev–Trinajstić information content (AvgIpc) is 2.34. The van der Waals surface area contributed by atoms with Crippen molar-refractivity contribution in [1.29, 1.82) is 0 Å². The van der Waals surface area contributed by atoms with Crippen LogP contribution >= 0.6 is 0 Å². The normalized spacial score (nSPS) is 21.1. The van der Waals surface area contributed by atoms with Crippen LogP contribution in [0.2, 0.25) is 0 Å². The van der Waals surface area contributed by atoms with Crippen LogP contribution in [0.4, 0.5) is 18.9 Å². The summed E-state index contributed by atoms with van der Waals surface area (Å²) in [6.07, 6.45) is -3.75. The predicted molar refractivity (Wildman–Crippen MR) is 71.8 cm³/mol. The third-order valence-electron chi connectivity index (χ3n) is 3.75. The number of anilines is 1. The van der Waals surface area contributed by atoms with E-state index >= 15 is 0 Å². The molecule has 8 heteroatoms. The fourth-order valence-corrected chi connectivity index (χ4v) is 2.39. The van der Waals surface area contributed by atoms with Crippen LogP contribution in [0.1, 0.15) is 24.0 Å². The summed E-state index contributed by atoms with van der Waals surface area (Å²) in [6, 6.07) is 3.08. The first-order valence-electron chi connectivity index (χ1n) is 6.67. The summed E-state index contributed by atoms with van der Waals surface area (Å²) in [5, 5.41) is 11.3. The zero-order valence-corrected chi connectivity index (χ0v) is 11.5. The monoisotopic (exact) mass is 316 g/mol. The van der Waals surface area contributed by atoms with Gasteiger partial charge in [-0.1, -0.05) is 0 Å². The lowest BCUT2D eigenvalue weighted by molar-refractivity contribution is -0.151. The standard InChI is InChI=1S/C14H15F3N2O3/c15-14(16,17)8-3-7(6-18)4-9(5-8)19-12(20)10-1-2-11(10)13(21)22/h3-5,10-11H,1-2,6,18H2,(H,19,20)(H,21,22)/t10-,11-/m1/s1. The lowest BCUT2D eigenvalue weighted by atomic mass is 9.73. The largest absolute Gasteiger partial charge is 0.481 e. The van der Waals surface area contributed by atoms with E-state index in [0.717, 1.165) is 12.1 Å². The van der Waals surface area contributed by atoms with Crippen molar-refractivity contribution < 1.29 is 27.9 Å². The third kappa shape index (κ3) is 3.38. The molecule has 2 atom stereocenters. The molecule has 1 fully saturated rings. The molecule has 0 aromatic heterocycles. The van der Waals surface area contributed by atoms with E-state index in [1.807, 2.05) is 0 Å². The summed E-state index contributed by atoms with van der Waals surface area (Å²) >= 11 is 0. The van der Waals surface area contributed by atoms with Crippen LogP contribution in [-0.4, -0.2) is 17.0 Å². The van der Waals surface area contributed by atoms with Gasteiger partial charge in [-0.3, -0.25) is 9.59 Å². The number of aliphatic carboxylic acids is 1. The highest BCUT2D eigenvalue weighted by Gasteiger charge is 2.41. The Morgan fingerprint density at radius 3 is 2.32 bits per heavy atom. The smallest absolute Gasteiger partial charge is 0.416 e. The number of alkyl halides is 3. The number of nitrogens with two attached hydrogens (primary N) is 1. The van der Waals surface area contributed by atoms with E-state index in [1.165, 1.54) is 6.07 Å². The molecule has 0 spiro atoms. The number of carbonyl (C=O) groups is 2. The highest BCUT2D eigenvalue weighted by molar-refractivity contribution is 5.96. The van der Waals surface area contributed by atoms with Crippen molar-refractivity contribution in [3.8, 4) is 0 Å². The molecule has 0 heterocycles. The van der Waals surface area contributed by atoms with Gasteiger partial charge in [0.15, 0.2) is 0 Å². The van der Waals surface area contributed by atoms with E-state index in [4.69, 9.17) is 10.8 Å². The number of rotatable bonds is 4. The van der Waals surface area contributed by atoms with Crippen LogP contribution in [0.5, 0.6) is 0 Å². The molecular weight excluding hydrogens is 301 g/mol. The quantitative estimate of drug-likeness (QED) is 0.794. The number of hydrogen-bond donors (Lipinski definition) is 3. The molecule has 2 rings (SSSR count). The molecule has 0 unspecified atom stereocenters. The second-order valence-corrected chi connectivity index (χ2v) is 5.24. The van der Waals surface area contributed by atoms with Gasteiger partial charge in [-0.15, -0.1) is 0 Å². The van der Waals surface area contributed by atoms with Gasteiger partial charge in [-0.2, -0.15) is 13.2 Å². The van der Waals surface area contributed by atoms with E-state index in [0.29, 0.717) is 12.8 Å². The van der Waals surface area contributed by atoms with E-state index in [-0.39, 0.29) is 17.8 Å². The molecule has 0 saturated heterocycles. The summed E-state index contributed by atoms with van der Waals surface area (Å²) in [7, 11) is 0. The fourth-order valence-electron chi connectivity index (χ4n) is 2.39. The summed E-state index contributed by atoms with van der Waals surface area (Å²) in [4.78, 5) is 22.9. The summed E-state index contributed by atoms with van der Waals surface area (Å²) in [5.74, 6) is -3.15. The number of hydrogen-bond acceptors (Lipinski definition) is 3. The number of amides is 1. The van der Waals surface area contributed by atoms with Crippen LogP contribution < -0.4 is 11.1 Å². The van der Waals surface area contributed by atoms with Gasteiger partial charge < -0.3 is 16.2 Å². The van der Waals surface area contributed by atoms with Crippen molar-refractivity contribution in [3.05, 3.63) is 29.3 Å². The van der Waals surface area contributed by atoms with Crippen molar-refractivity contribution >= 4 is 17.6 Å². The minimum atomic E-state index is -4.55. The molecule has 1 saturated carbocycles. The SMILES string of the molecule is NCc1cc(NC(=O)[C@@H]2CC[C@H]2C(=O)O)cc(C(F)(F)F)c1. The Kier molecular flexibility index (Phi) is 4.41. The van der Waals surface area contributed by atoms with Crippen molar-refractivity contribution in [1.82, 2.24) is 0 Å². The molecule has 22 heavy (non-hydrogen) atoms. The maximum Gasteiger partial charge on any atom is 0.416 e. The molecular formula is C14H15F3N2O3. The van der Waals surface area contributed by atoms with Gasteiger partial charge in [0, 0.05) is 12.2 Å². The lowest BCUT2D eigenvalue weighted by Crippen LogP contribution is -2.41. The lowest BCUT2D eigenvalue weighted by Gasteiger charge is -2.32. The van der Waals surface area contributed by atoms with E-state index in [9.17, 15) is 22.8 Å². The first kappa shape index (κ1) is 16.3.